The Morgan fingerprint density at radius 2 is 1.03 bits per heavy atom. The lowest BCUT2D eigenvalue weighted by Crippen LogP contribution is -2.66. The lowest BCUT2D eigenvalue weighted by atomic mass is 10.2. The number of benzene rings is 4. The Morgan fingerprint density at radius 3 is 1.47 bits per heavy atom. The van der Waals surface area contributed by atoms with Crippen molar-refractivity contribution in [2.24, 2.45) is 0 Å². The molecule has 0 N–H and O–H groups in total. The molecular formula is C30H30OSi. The van der Waals surface area contributed by atoms with Crippen molar-refractivity contribution in [2.75, 3.05) is 0 Å². The van der Waals surface area contributed by atoms with Gasteiger partial charge in [0.25, 0.3) is 0 Å². The van der Waals surface area contributed by atoms with Crippen molar-refractivity contribution < 1.29 is 4.74 Å². The highest BCUT2D eigenvalue weighted by molar-refractivity contribution is 7.14. The Morgan fingerprint density at radius 1 is 0.625 bits per heavy atom. The van der Waals surface area contributed by atoms with Gasteiger partial charge in [-0.15, -0.1) is 0 Å². The average molecular weight is 435 g/mol. The van der Waals surface area contributed by atoms with Crippen LogP contribution < -0.4 is 15.6 Å². The number of hydrogen-bond acceptors (Lipinski definition) is 1. The Hall–Kier alpha value is -3.20. The molecule has 0 saturated carbocycles. The largest absolute Gasteiger partial charge is 0.374 e. The van der Waals surface area contributed by atoms with E-state index in [1.54, 1.807) is 0 Å². The summed E-state index contributed by atoms with van der Waals surface area (Å²) in [5, 5.41) is 4.18. The van der Waals surface area contributed by atoms with Crippen LogP contribution in [0.2, 0.25) is 0 Å². The van der Waals surface area contributed by atoms with Gasteiger partial charge >= 0.3 is 0 Å². The highest BCUT2D eigenvalue weighted by Gasteiger charge is 2.36. The Kier molecular flexibility index (Phi) is 7.49. The van der Waals surface area contributed by atoms with Crippen LogP contribution in [0.15, 0.2) is 133 Å². The second kappa shape index (κ2) is 10.9. The maximum Gasteiger partial charge on any atom is 0.172 e. The van der Waals surface area contributed by atoms with E-state index in [2.05, 4.69) is 134 Å². The van der Waals surface area contributed by atoms with Crippen LogP contribution in [-0.2, 0) is 11.3 Å². The Balaban J connectivity index is 1.65. The van der Waals surface area contributed by atoms with Gasteiger partial charge in [-0.3, -0.25) is 0 Å². The summed E-state index contributed by atoms with van der Waals surface area (Å²) < 4.78 is 6.12. The third kappa shape index (κ3) is 5.16. The lowest BCUT2D eigenvalue weighted by molar-refractivity contribution is 0.0553. The maximum absolute atomic E-state index is 6.12. The fraction of sp³-hybridized carbons (Fsp3) is 0.133. The zero-order valence-electron chi connectivity index (χ0n) is 18.6. The molecule has 0 heterocycles. The molecule has 0 saturated heterocycles. The predicted molar refractivity (Wildman–Crippen MR) is 138 cm³/mol. The predicted octanol–water partition coefficient (Wildman–Crippen LogP) is 5.25. The van der Waals surface area contributed by atoms with Crippen LogP contribution in [0.4, 0.5) is 0 Å². The molecule has 1 nitrogen and oxygen atoms in total. The van der Waals surface area contributed by atoms with Crippen molar-refractivity contribution in [1.82, 2.24) is 0 Å². The smallest absolute Gasteiger partial charge is 0.172 e. The number of rotatable bonds is 9. The highest BCUT2D eigenvalue weighted by Crippen LogP contribution is 2.12. The van der Waals surface area contributed by atoms with Crippen LogP contribution in [0.25, 0.3) is 0 Å². The Labute approximate surface area is 193 Å². The summed E-state index contributed by atoms with van der Waals surface area (Å²) in [5.74, 6) is 0. The van der Waals surface area contributed by atoms with E-state index in [9.17, 15) is 0 Å². The van der Waals surface area contributed by atoms with Crippen molar-refractivity contribution in [1.29, 1.82) is 0 Å². The number of hydrogen-bond donors (Lipinski definition) is 0. The SMILES string of the molecule is CC(C/C=C/[Si](c1ccccc1)(c1ccccc1)c1ccccc1)OCc1ccccc1. The molecule has 0 radical (unpaired) electrons. The van der Waals surface area contributed by atoms with Gasteiger partial charge < -0.3 is 4.74 Å². The minimum atomic E-state index is -2.31. The van der Waals surface area contributed by atoms with E-state index in [1.807, 2.05) is 6.07 Å². The topological polar surface area (TPSA) is 9.23 Å². The standard InChI is InChI=1S/C30H30OSi/c1-26(31-25-27-16-6-2-7-17-27)15-14-24-32(28-18-8-3-9-19-28,29-20-10-4-11-21-29)30-22-12-5-13-23-30/h2-14,16-24,26H,15,25H2,1H3/b24-14+. The summed E-state index contributed by atoms with van der Waals surface area (Å²) in [6.45, 7) is 2.80. The van der Waals surface area contributed by atoms with Crippen LogP contribution in [0.5, 0.6) is 0 Å². The van der Waals surface area contributed by atoms with Gasteiger partial charge in [0.1, 0.15) is 0 Å². The van der Waals surface area contributed by atoms with E-state index in [0.29, 0.717) is 6.61 Å². The van der Waals surface area contributed by atoms with Crippen molar-refractivity contribution >= 4 is 23.6 Å². The van der Waals surface area contributed by atoms with Crippen LogP contribution in [-0.4, -0.2) is 14.2 Å². The van der Waals surface area contributed by atoms with Crippen molar-refractivity contribution in [3.63, 3.8) is 0 Å². The maximum atomic E-state index is 6.12. The first-order valence-corrected chi connectivity index (χ1v) is 13.4. The molecule has 4 aromatic rings. The molecule has 4 rings (SSSR count). The van der Waals surface area contributed by atoms with Gasteiger partial charge in [-0.1, -0.05) is 133 Å². The first kappa shape index (κ1) is 22.0. The van der Waals surface area contributed by atoms with Crippen molar-refractivity contribution in [3.05, 3.63) is 139 Å². The molecule has 0 bridgehead atoms. The molecule has 2 heteroatoms. The Bertz CT molecular complexity index is 996. The van der Waals surface area contributed by atoms with E-state index in [-0.39, 0.29) is 6.10 Å². The summed E-state index contributed by atoms with van der Waals surface area (Å²) in [7, 11) is -2.31. The summed E-state index contributed by atoms with van der Waals surface area (Å²) in [6, 6.07) is 43.3. The van der Waals surface area contributed by atoms with E-state index >= 15 is 0 Å². The lowest BCUT2D eigenvalue weighted by Gasteiger charge is -2.31. The monoisotopic (exact) mass is 434 g/mol. The van der Waals surface area contributed by atoms with Gasteiger partial charge in [-0.2, -0.15) is 0 Å². The number of ether oxygens (including phenoxy) is 1. The van der Waals surface area contributed by atoms with E-state index < -0.39 is 8.07 Å². The normalized spacial score (nSPS) is 12.7. The van der Waals surface area contributed by atoms with Crippen LogP contribution in [0.1, 0.15) is 18.9 Å². The molecular weight excluding hydrogens is 404 g/mol. The highest BCUT2D eigenvalue weighted by atomic mass is 28.3. The fourth-order valence-corrected chi connectivity index (χ4v) is 8.43. The van der Waals surface area contributed by atoms with Crippen molar-refractivity contribution in [2.45, 2.75) is 26.1 Å². The first-order chi connectivity index (χ1) is 15.8. The van der Waals surface area contributed by atoms with Crippen molar-refractivity contribution in [3.8, 4) is 0 Å². The fourth-order valence-electron chi connectivity index (χ4n) is 4.21. The molecule has 1 atom stereocenters. The van der Waals surface area contributed by atoms with Gasteiger partial charge in [0.2, 0.25) is 0 Å². The second-order valence-corrected chi connectivity index (χ2v) is 11.8. The summed E-state index contributed by atoms with van der Waals surface area (Å²) in [5.41, 5.74) is 3.71. The van der Waals surface area contributed by atoms with E-state index in [1.165, 1.54) is 21.1 Å². The molecule has 0 aromatic heterocycles. The molecule has 32 heavy (non-hydrogen) atoms. The van der Waals surface area contributed by atoms with Crippen LogP contribution in [0.3, 0.4) is 0 Å². The first-order valence-electron chi connectivity index (χ1n) is 11.3. The van der Waals surface area contributed by atoms with E-state index in [4.69, 9.17) is 4.74 Å². The van der Waals surface area contributed by atoms with Crippen LogP contribution in [0, 0.1) is 0 Å². The van der Waals surface area contributed by atoms with Gasteiger partial charge in [-0.25, -0.2) is 0 Å². The molecule has 0 amide bonds. The average Bonchev–Trinajstić information content (AvgIpc) is 2.88. The molecule has 0 fully saturated rings. The molecule has 0 spiro atoms. The zero-order chi connectivity index (χ0) is 22.1. The summed E-state index contributed by atoms with van der Waals surface area (Å²) in [4.78, 5) is 0. The molecule has 160 valence electrons. The molecule has 4 aromatic carbocycles. The quantitative estimate of drug-likeness (QED) is 0.258. The summed E-state index contributed by atoms with van der Waals surface area (Å²) in [6.07, 6.45) is 3.38. The van der Waals surface area contributed by atoms with Gasteiger partial charge in [0.05, 0.1) is 12.7 Å². The van der Waals surface area contributed by atoms with Gasteiger partial charge in [0.15, 0.2) is 8.07 Å². The van der Waals surface area contributed by atoms with Crippen LogP contribution >= 0.6 is 0 Å². The van der Waals surface area contributed by atoms with E-state index in [0.717, 1.165) is 6.42 Å². The third-order valence-corrected chi connectivity index (χ3v) is 10.4. The third-order valence-electron chi connectivity index (χ3n) is 5.90. The molecule has 0 aliphatic heterocycles. The van der Waals surface area contributed by atoms with Gasteiger partial charge in [0, 0.05) is 0 Å². The minimum absolute atomic E-state index is 0.153. The molecule has 0 aliphatic rings. The summed E-state index contributed by atoms with van der Waals surface area (Å²) >= 11 is 0. The molecule has 0 aliphatic carbocycles. The zero-order valence-corrected chi connectivity index (χ0v) is 19.6. The minimum Gasteiger partial charge on any atom is -0.374 e. The molecule has 1 unspecified atom stereocenters. The van der Waals surface area contributed by atoms with Gasteiger partial charge in [-0.05, 0) is 34.5 Å². The second-order valence-electron chi connectivity index (χ2n) is 8.15.